The van der Waals surface area contributed by atoms with Gasteiger partial charge in [0.25, 0.3) is 5.91 Å². The van der Waals surface area contributed by atoms with Gasteiger partial charge >= 0.3 is 0 Å². The Morgan fingerprint density at radius 1 is 1.14 bits per heavy atom. The van der Waals surface area contributed by atoms with Crippen LogP contribution in [-0.2, 0) is 6.42 Å². The van der Waals surface area contributed by atoms with Crippen LogP contribution in [0.1, 0.15) is 20.9 Å². The molecule has 0 radical (unpaired) electrons. The first-order valence-corrected chi connectivity index (χ1v) is 9.56. The predicted molar refractivity (Wildman–Crippen MR) is 108 cm³/mol. The van der Waals surface area contributed by atoms with Crippen LogP contribution < -0.4 is 14.8 Å². The summed E-state index contributed by atoms with van der Waals surface area (Å²) in [6.45, 7) is 2.40. The van der Waals surface area contributed by atoms with Crippen molar-refractivity contribution in [3.05, 3.63) is 64.4 Å². The summed E-state index contributed by atoms with van der Waals surface area (Å²) in [7, 11) is 3.04. The number of methoxy groups -OCH3 is 2. The van der Waals surface area contributed by atoms with Gasteiger partial charge in [0.15, 0.2) is 11.5 Å². The minimum atomic E-state index is -0.270. The number of carbonyl (C=O) groups excluding carboxylic acids is 1. The zero-order valence-corrected chi connectivity index (χ0v) is 16.7. The highest BCUT2D eigenvalue weighted by molar-refractivity contribution is 7.15. The van der Waals surface area contributed by atoms with E-state index in [0.29, 0.717) is 30.0 Å². The Bertz CT molecular complexity index is 970. The van der Waals surface area contributed by atoms with E-state index in [1.54, 1.807) is 41.7 Å². The monoisotopic (exact) mass is 400 g/mol. The molecule has 146 valence electrons. The fourth-order valence-corrected chi connectivity index (χ4v) is 3.89. The molecule has 28 heavy (non-hydrogen) atoms. The number of halogens is 1. The number of nitrogens with one attached hydrogen (secondary N) is 1. The molecular formula is C21H21FN2O3S. The van der Waals surface area contributed by atoms with Gasteiger partial charge in [-0.05, 0) is 43.3 Å². The Hall–Kier alpha value is -2.93. The Balaban J connectivity index is 1.66. The molecular weight excluding hydrogens is 379 g/mol. The van der Waals surface area contributed by atoms with E-state index in [1.165, 1.54) is 26.4 Å². The van der Waals surface area contributed by atoms with Gasteiger partial charge in [-0.3, -0.25) is 4.79 Å². The molecule has 0 aliphatic heterocycles. The molecule has 0 bridgehead atoms. The lowest BCUT2D eigenvalue weighted by Crippen LogP contribution is -2.26. The average molecular weight is 400 g/mol. The number of nitrogens with zero attached hydrogens (tertiary/aromatic N) is 1. The first-order valence-electron chi connectivity index (χ1n) is 8.75. The molecule has 2 aromatic carbocycles. The van der Waals surface area contributed by atoms with Crippen molar-refractivity contribution in [2.24, 2.45) is 0 Å². The van der Waals surface area contributed by atoms with Crippen LogP contribution in [0.3, 0.4) is 0 Å². The second-order valence-electron chi connectivity index (χ2n) is 6.08. The summed E-state index contributed by atoms with van der Waals surface area (Å²) < 4.78 is 23.6. The van der Waals surface area contributed by atoms with E-state index in [4.69, 9.17) is 9.47 Å². The molecule has 1 aromatic heterocycles. The van der Waals surface area contributed by atoms with E-state index in [1.807, 2.05) is 6.92 Å². The number of amides is 1. The van der Waals surface area contributed by atoms with Crippen molar-refractivity contribution in [3.63, 3.8) is 0 Å². The maximum absolute atomic E-state index is 13.1. The van der Waals surface area contributed by atoms with Crippen molar-refractivity contribution in [1.82, 2.24) is 10.3 Å². The van der Waals surface area contributed by atoms with Gasteiger partial charge in [-0.25, -0.2) is 9.37 Å². The Morgan fingerprint density at radius 2 is 1.89 bits per heavy atom. The van der Waals surface area contributed by atoms with E-state index in [2.05, 4.69) is 10.3 Å². The summed E-state index contributed by atoms with van der Waals surface area (Å²) in [4.78, 5) is 18.2. The molecule has 1 N–H and O–H groups in total. The normalized spacial score (nSPS) is 10.6. The van der Waals surface area contributed by atoms with Gasteiger partial charge in [0.1, 0.15) is 10.8 Å². The maximum atomic E-state index is 13.1. The van der Waals surface area contributed by atoms with Gasteiger partial charge in [-0.1, -0.05) is 6.07 Å². The number of para-hydroxylation sites is 1. The highest BCUT2D eigenvalue weighted by Crippen LogP contribution is 2.31. The molecule has 3 rings (SSSR count). The van der Waals surface area contributed by atoms with Crippen molar-refractivity contribution in [3.8, 4) is 22.1 Å². The van der Waals surface area contributed by atoms with Gasteiger partial charge in [-0.15, -0.1) is 11.3 Å². The van der Waals surface area contributed by atoms with Gasteiger partial charge < -0.3 is 14.8 Å². The molecule has 0 atom stereocenters. The molecule has 1 heterocycles. The van der Waals surface area contributed by atoms with Crippen LogP contribution in [0.4, 0.5) is 4.39 Å². The third kappa shape index (κ3) is 4.31. The molecule has 0 unspecified atom stereocenters. The number of aromatic nitrogens is 1. The highest BCUT2D eigenvalue weighted by Gasteiger charge is 2.16. The number of rotatable bonds is 7. The standard InChI is InChI=1S/C21H21FN2O3S/c1-13-18(28-21(24-13)14-7-9-15(22)10-8-14)11-12-23-20(25)16-5-4-6-17(26-2)19(16)27-3/h4-10H,11-12H2,1-3H3,(H,23,25). The number of aryl methyl sites for hydroxylation is 1. The van der Waals surface area contributed by atoms with Gasteiger partial charge in [0, 0.05) is 23.4 Å². The van der Waals surface area contributed by atoms with E-state index in [9.17, 15) is 9.18 Å². The van der Waals surface area contributed by atoms with E-state index < -0.39 is 0 Å². The first-order chi connectivity index (χ1) is 13.5. The minimum Gasteiger partial charge on any atom is -0.493 e. The molecule has 0 aliphatic carbocycles. The van der Waals surface area contributed by atoms with Crippen molar-refractivity contribution in [2.75, 3.05) is 20.8 Å². The van der Waals surface area contributed by atoms with E-state index in [0.717, 1.165) is 21.1 Å². The quantitative estimate of drug-likeness (QED) is 0.644. The molecule has 0 fully saturated rings. The second-order valence-corrected chi connectivity index (χ2v) is 7.17. The van der Waals surface area contributed by atoms with Gasteiger partial charge in [-0.2, -0.15) is 0 Å². The number of thiazole rings is 1. The zero-order chi connectivity index (χ0) is 20.1. The predicted octanol–water partition coefficient (Wildman–Crippen LogP) is 4.25. The molecule has 3 aromatic rings. The lowest BCUT2D eigenvalue weighted by atomic mass is 10.1. The summed E-state index contributed by atoms with van der Waals surface area (Å²) in [6.07, 6.45) is 0.655. The summed E-state index contributed by atoms with van der Waals surface area (Å²) in [5, 5.41) is 3.75. The third-order valence-electron chi connectivity index (χ3n) is 4.27. The average Bonchev–Trinajstić information content (AvgIpc) is 3.08. The van der Waals surface area contributed by atoms with Crippen LogP contribution in [0.15, 0.2) is 42.5 Å². The molecule has 0 aliphatic rings. The summed E-state index contributed by atoms with van der Waals surface area (Å²) in [6, 6.07) is 11.5. The number of ether oxygens (including phenoxy) is 2. The summed E-state index contributed by atoms with van der Waals surface area (Å²) in [5.41, 5.74) is 2.22. The van der Waals surface area contributed by atoms with Crippen LogP contribution in [0.25, 0.3) is 10.6 Å². The van der Waals surface area contributed by atoms with Gasteiger partial charge in [0.2, 0.25) is 0 Å². The largest absolute Gasteiger partial charge is 0.493 e. The molecule has 0 saturated carbocycles. The highest BCUT2D eigenvalue weighted by atomic mass is 32.1. The first kappa shape index (κ1) is 19.8. The zero-order valence-electron chi connectivity index (χ0n) is 15.9. The SMILES string of the molecule is COc1cccc(C(=O)NCCc2sc(-c3ccc(F)cc3)nc2C)c1OC. The number of carbonyl (C=O) groups is 1. The van der Waals surface area contributed by atoms with Crippen LogP contribution in [0.2, 0.25) is 0 Å². The fourth-order valence-electron chi connectivity index (χ4n) is 2.83. The second kappa shape index (κ2) is 8.84. The molecule has 0 saturated heterocycles. The van der Waals surface area contributed by atoms with E-state index >= 15 is 0 Å². The minimum absolute atomic E-state index is 0.225. The van der Waals surface area contributed by atoms with Crippen LogP contribution in [0.5, 0.6) is 11.5 Å². The van der Waals surface area contributed by atoms with Crippen molar-refractivity contribution >= 4 is 17.2 Å². The third-order valence-corrected chi connectivity index (χ3v) is 5.54. The molecule has 7 heteroatoms. The Labute approximate surface area is 167 Å². The smallest absolute Gasteiger partial charge is 0.255 e. The van der Waals surface area contributed by atoms with Crippen LogP contribution in [0, 0.1) is 12.7 Å². The van der Waals surface area contributed by atoms with Crippen LogP contribution in [-0.4, -0.2) is 31.7 Å². The molecule has 5 nitrogen and oxygen atoms in total. The summed E-state index contributed by atoms with van der Waals surface area (Å²) in [5.74, 6) is 0.428. The fraction of sp³-hybridized carbons (Fsp3) is 0.238. The topological polar surface area (TPSA) is 60.5 Å². The van der Waals surface area contributed by atoms with Gasteiger partial charge in [0.05, 0.1) is 25.5 Å². The maximum Gasteiger partial charge on any atom is 0.255 e. The van der Waals surface area contributed by atoms with Crippen molar-refractivity contribution in [2.45, 2.75) is 13.3 Å². The molecule has 1 amide bonds. The van der Waals surface area contributed by atoms with Crippen molar-refractivity contribution < 1.29 is 18.7 Å². The van der Waals surface area contributed by atoms with E-state index in [-0.39, 0.29) is 11.7 Å². The lowest BCUT2D eigenvalue weighted by Gasteiger charge is -2.12. The Kier molecular flexibility index (Phi) is 6.26. The van der Waals surface area contributed by atoms with Crippen LogP contribution >= 0.6 is 11.3 Å². The number of hydrogen-bond acceptors (Lipinski definition) is 5. The Morgan fingerprint density at radius 3 is 2.57 bits per heavy atom. The molecule has 0 spiro atoms. The summed E-state index contributed by atoms with van der Waals surface area (Å²) >= 11 is 1.55. The van der Waals surface area contributed by atoms with Crippen molar-refractivity contribution in [1.29, 1.82) is 0 Å². The number of benzene rings is 2. The lowest BCUT2D eigenvalue weighted by molar-refractivity contribution is 0.0950. The number of hydrogen-bond donors (Lipinski definition) is 1.